The van der Waals surface area contributed by atoms with E-state index in [1.165, 1.54) is 23.5 Å². The van der Waals surface area contributed by atoms with Crippen molar-refractivity contribution in [1.82, 2.24) is 0 Å². The summed E-state index contributed by atoms with van der Waals surface area (Å²) in [5, 5.41) is 2.61. The number of halogens is 3. The van der Waals surface area contributed by atoms with E-state index in [2.05, 4.69) is 37.2 Å². The zero-order valence-electron chi connectivity index (χ0n) is 9.75. The maximum Gasteiger partial charge on any atom is 0.265 e. The molecule has 1 aromatic heterocycles. The van der Waals surface area contributed by atoms with Gasteiger partial charge in [0.2, 0.25) is 0 Å². The fourth-order valence-corrected chi connectivity index (χ4v) is 3.66. The van der Waals surface area contributed by atoms with E-state index < -0.39 is 5.82 Å². The Balaban J connectivity index is 2.33. The molecule has 1 aromatic carbocycles. The van der Waals surface area contributed by atoms with E-state index in [1.807, 2.05) is 0 Å². The second-order valence-corrected chi connectivity index (χ2v) is 7.38. The Hall–Kier alpha value is -0.830. The first-order chi connectivity index (χ1) is 9.40. The molecule has 3 N–H and O–H groups in total. The highest BCUT2D eigenvalue weighted by Crippen LogP contribution is 2.33. The van der Waals surface area contributed by atoms with Gasteiger partial charge in [0.25, 0.3) is 5.91 Å². The summed E-state index contributed by atoms with van der Waals surface area (Å²) in [6.07, 6.45) is 0. The number of thiocarbonyl (C=S) groups is 1. The molecule has 0 saturated heterocycles. The lowest BCUT2D eigenvalue weighted by Gasteiger charge is -2.10. The fourth-order valence-electron chi connectivity index (χ4n) is 1.52. The van der Waals surface area contributed by atoms with E-state index >= 15 is 0 Å². The average molecular weight is 438 g/mol. The van der Waals surface area contributed by atoms with Crippen LogP contribution in [0.2, 0.25) is 0 Å². The van der Waals surface area contributed by atoms with E-state index in [0.29, 0.717) is 4.88 Å². The van der Waals surface area contributed by atoms with Crippen LogP contribution < -0.4 is 11.1 Å². The third kappa shape index (κ3) is 3.25. The van der Waals surface area contributed by atoms with Crippen LogP contribution in [0.25, 0.3) is 0 Å². The first-order valence-electron chi connectivity index (χ1n) is 5.24. The van der Waals surface area contributed by atoms with Crippen molar-refractivity contribution < 1.29 is 9.18 Å². The van der Waals surface area contributed by atoms with Crippen LogP contribution in [-0.2, 0) is 0 Å². The lowest BCUT2D eigenvalue weighted by atomic mass is 10.1. The van der Waals surface area contributed by atoms with Gasteiger partial charge in [-0.1, -0.05) is 18.3 Å². The molecule has 0 aliphatic rings. The molecule has 2 rings (SSSR count). The molecule has 0 fully saturated rings. The average Bonchev–Trinajstić information content (AvgIpc) is 2.69. The van der Waals surface area contributed by atoms with Gasteiger partial charge in [-0.25, -0.2) is 4.39 Å². The van der Waals surface area contributed by atoms with Crippen LogP contribution in [0.3, 0.4) is 0 Å². The maximum absolute atomic E-state index is 13.7. The maximum atomic E-state index is 13.7. The lowest BCUT2D eigenvalue weighted by molar-refractivity contribution is 0.103. The van der Waals surface area contributed by atoms with Crippen LogP contribution in [0, 0.1) is 5.82 Å². The highest BCUT2D eigenvalue weighted by molar-refractivity contribution is 9.13. The molecule has 0 spiro atoms. The molecule has 0 bridgehead atoms. The molecule has 0 aliphatic heterocycles. The largest absolute Gasteiger partial charge is 0.389 e. The molecule has 104 valence electrons. The predicted molar refractivity (Wildman–Crippen MR) is 90.0 cm³/mol. The van der Waals surface area contributed by atoms with Crippen molar-refractivity contribution in [3.8, 4) is 0 Å². The molecule has 0 atom stereocenters. The van der Waals surface area contributed by atoms with E-state index in [-0.39, 0.29) is 22.1 Å². The smallest absolute Gasteiger partial charge is 0.265 e. The SMILES string of the molecule is NC(=S)c1c(F)cccc1NC(=O)c1cc(Br)c(Br)s1. The van der Waals surface area contributed by atoms with E-state index in [1.54, 1.807) is 12.1 Å². The Labute approximate surface area is 140 Å². The molecular formula is C12H7Br2FN2OS2. The number of hydrogen-bond donors (Lipinski definition) is 2. The number of carbonyl (C=O) groups excluding carboxylic acids is 1. The summed E-state index contributed by atoms with van der Waals surface area (Å²) < 4.78 is 15.3. The Morgan fingerprint density at radius 3 is 2.65 bits per heavy atom. The normalized spacial score (nSPS) is 10.3. The summed E-state index contributed by atoms with van der Waals surface area (Å²) in [5.74, 6) is -0.923. The molecule has 0 aliphatic carbocycles. The van der Waals surface area contributed by atoms with Crippen molar-refractivity contribution in [2.45, 2.75) is 0 Å². The summed E-state index contributed by atoms with van der Waals surface area (Å²) in [5.41, 5.74) is 5.77. The number of thiophene rings is 1. The minimum Gasteiger partial charge on any atom is -0.389 e. The number of nitrogens with two attached hydrogens (primary N) is 1. The van der Waals surface area contributed by atoms with Gasteiger partial charge in [-0.3, -0.25) is 4.79 Å². The summed E-state index contributed by atoms with van der Waals surface area (Å²) in [6, 6.07) is 5.94. The van der Waals surface area contributed by atoms with E-state index in [0.717, 1.165) is 8.26 Å². The second kappa shape index (κ2) is 6.30. The van der Waals surface area contributed by atoms with Gasteiger partial charge in [-0.15, -0.1) is 11.3 Å². The highest BCUT2D eigenvalue weighted by atomic mass is 79.9. The summed E-state index contributed by atoms with van der Waals surface area (Å²) >= 11 is 12.7. The second-order valence-electron chi connectivity index (χ2n) is 3.71. The summed E-state index contributed by atoms with van der Waals surface area (Å²) in [7, 11) is 0. The third-order valence-corrected chi connectivity index (χ3v) is 5.84. The Morgan fingerprint density at radius 2 is 2.10 bits per heavy atom. The summed E-state index contributed by atoms with van der Waals surface area (Å²) in [4.78, 5) is 12.5. The van der Waals surface area contributed by atoms with Crippen LogP contribution in [0.5, 0.6) is 0 Å². The quantitative estimate of drug-likeness (QED) is 0.704. The molecule has 1 heterocycles. The number of amides is 1. The highest BCUT2D eigenvalue weighted by Gasteiger charge is 2.16. The van der Waals surface area contributed by atoms with Crippen LogP contribution in [-0.4, -0.2) is 10.9 Å². The van der Waals surface area contributed by atoms with Gasteiger partial charge in [0.1, 0.15) is 10.8 Å². The van der Waals surface area contributed by atoms with E-state index in [9.17, 15) is 9.18 Å². The zero-order valence-corrected chi connectivity index (χ0v) is 14.6. The number of carbonyl (C=O) groups is 1. The van der Waals surface area contributed by atoms with Gasteiger partial charge in [0.05, 0.1) is 19.9 Å². The van der Waals surface area contributed by atoms with Crippen LogP contribution in [0.1, 0.15) is 15.2 Å². The summed E-state index contributed by atoms with van der Waals surface area (Å²) in [6.45, 7) is 0. The lowest BCUT2D eigenvalue weighted by Crippen LogP contribution is -2.18. The predicted octanol–water partition coefficient (Wildman–Crippen LogP) is 4.30. The Bertz CT molecular complexity index is 683. The molecule has 2 aromatic rings. The first kappa shape index (κ1) is 15.6. The molecule has 1 amide bonds. The molecule has 0 radical (unpaired) electrons. The monoisotopic (exact) mass is 436 g/mol. The molecule has 3 nitrogen and oxygen atoms in total. The number of hydrogen-bond acceptors (Lipinski definition) is 3. The van der Waals surface area contributed by atoms with Crippen LogP contribution >= 0.6 is 55.4 Å². The minimum absolute atomic E-state index is 0.0329. The number of benzene rings is 1. The minimum atomic E-state index is -0.566. The topological polar surface area (TPSA) is 55.1 Å². The van der Waals surface area contributed by atoms with Gasteiger partial charge in [-0.2, -0.15) is 0 Å². The molecular weight excluding hydrogens is 431 g/mol. The molecule has 0 unspecified atom stereocenters. The first-order valence-corrected chi connectivity index (χ1v) is 8.05. The standard InChI is InChI=1S/C12H7Br2FN2OS2/c13-5-4-8(20-10(5)14)12(18)17-7-3-1-2-6(15)9(7)11(16)19/h1-4H,(H2,16,19)(H,17,18). The van der Waals surface area contributed by atoms with Crippen LogP contribution in [0.4, 0.5) is 10.1 Å². The Morgan fingerprint density at radius 1 is 1.40 bits per heavy atom. The van der Waals surface area contributed by atoms with Crippen molar-refractivity contribution in [2.24, 2.45) is 5.73 Å². The van der Waals surface area contributed by atoms with Gasteiger partial charge in [0.15, 0.2) is 0 Å². The molecule has 20 heavy (non-hydrogen) atoms. The number of nitrogens with one attached hydrogen (secondary N) is 1. The van der Waals surface area contributed by atoms with Crippen LogP contribution in [0.15, 0.2) is 32.5 Å². The third-order valence-electron chi connectivity index (χ3n) is 2.38. The molecule has 0 saturated carbocycles. The van der Waals surface area contributed by atoms with Gasteiger partial charge < -0.3 is 11.1 Å². The molecule has 8 heteroatoms. The van der Waals surface area contributed by atoms with Crippen molar-refractivity contribution in [2.75, 3.05) is 5.32 Å². The van der Waals surface area contributed by atoms with Gasteiger partial charge in [-0.05, 0) is 50.1 Å². The number of rotatable bonds is 3. The van der Waals surface area contributed by atoms with E-state index in [4.69, 9.17) is 18.0 Å². The van der Waals surface area contributed by atoms with Crippen molar-refractivity contribution >= 4 is 72.0 Å². The van der Waals surface area contributed by atoms with Gasteiger partial charge in [0, 0.05) is 4.47 Å². The Kier molecular flexibility index (Phi) is 4.90. The fraction of sp³-hybridized carbons (Fsp3) is 0. The zero-order chi connectivity index (χ0) is 14.9. The van der Waals surface area contributed by atoms with Gasteiger partial charge >= 0.3 is 0 Å². The van der Waals surface area contributed by atoms with Crippen molar-refractivity contribution in [3.05, 3.63) is 48.8 Å². The van der Waals surface area contributed by atoms with Crippen molar-refractivity contribution in [3.63, 3.8) is 0 Å². The number of anilines is 1. The van der Waals surface area contributed by atoms with Crippen molar-refractivity contribution in [1.29, 1.82) is 0 Å².